The minimum absolute atomic E-state index is 0.0173. The van der Waals surface area contributed by atoms with Gasteiger partial charge in [-0.05, 0) is 25.1 Å². The van der Waals surface area contributed by atoms with Crippen LogP contribution in [-0.2, 0) is 17.3 Å². The number of hydrogen-bond acceptors (Lipinski definition) is 4. The molecule has 146 valence electrons. The highest BCUT2D eigenvalue weighted by atomic mass is 35.5. The molecule has 0 spiro atoms. The standard InChI is InChI=1S/C18H18ClF3N2O3/c1-10-5-13(27-23-10)6-11-8-24(9-16(11)26-2)17(25)14-7-12(18(20,21)22)3-4-15(14)19/h3-5,7,11,16H,6,8-9H2,1-2H3/t11-,16+/m1/s1. The van der Waals surface area contributed by atoms with E-state index >= 15 is 0 Å². The molecule has 0 unspecified atom stereocenters. The van der Waals surface area contributed by atoms with E-state index in [4.69, 9.17) is 20.9 Å². The summed E-state index contributed by atoms with van der Waals surface area (Å²) in [6.07, 6.45) is -4.30. The number of aromatic nitrogens is 1. The monoisotopic (exact) mass is 402 g/mol. The van der Waals surface area contributed by atoms with Crippen molar-refractivity contribution in [2.75, 3.05) is 20.2 Å². The minimum atomic E-state index is -4.55. The Morgan fingerprint density at radius 2 is 2.11 bits per heavy atom. The molecule has 0 bridgehead atoms. The SMILES string of the molecule is CO[C@H]1CN(C(=O)c2cc(C(F)(F)F)ccc2Cl)C[C@H]1Cc1cc(C)no1. The zero-order valence-corrected chi connectivity index (χ0v) is 15.5. The fraction of sp³-hybridized carbons (Fsp3) is 0.444. The van der Waals surface area contributed by atoms with Crippen molar-refractivity contribution < 1.29 is 27.2 Å². The molecule has 27 heavy (non-hydrogen) atoms. The normalized spacial score (nSPS) is 20.3. The quantitative estimate of drug-likeness (QED) is 0.776. The molecule has 0 aliphatic carbocycles. The van der Waals surface area contributed by atoms with E-state index in [2.05, 4.69) is 5.16 Å². The van der Waals surface area contributed by atoms with Gasteiger partial charge in [0.25, 0.3) is 5.91 Å². The average molecular weight is 403 g/mol. The number of alkyl halides is 3. The van der Waals surface area contributed by atoms with Crippen LogP contribution in [0.2, 0.25) is 5.02 Å². The highest BCUT2D eigenvalue weighted by Crippen LogP contribution is 2.33. The van der Waals surface area contributed by atoms with Gasteiger partial charge in [0.1, 0.15) is 5.76 Å². The van der Waals surface area contributed by atoms with Crippen molar-refractivity contribution in [1.82, 2.24) is 10.1 Å². The number of carbonyl (C=O) groups excluding carboxylic acids is 1. The van der Waals surface area contributed by atoms with Crippen LogP contribution >= 0.6 is 11.6 Å². The molecule has 1 amide bonds. The molecule has 0 saturated carbocycles. The number of hydrogen-bond donors (Lipinski definition) is 0. The van der Waals surface area contributed by atoms with Crippen LogP contribution in [0, 0.1) is 12.8 Å². The van der Waals surface area contributed by atoms with Gasteiger partial charge in [0, 0.05) is 38.6 Å². The summed E-state index contributed by atoms with van der Waals surface area (Å²) in [5.41, 5.74) is -0.329. The summed E-state index contributed by atoms with van der Waals surface area (Å²) in [6.45, 7) is 2.39. The second kappa shape index (κ2) is 7.52. The summed E-state index contributed by atoms with van der Waals surface area (Å²) in [5.74, 6) is 0.0613. The van der Waals surface area contributed by atoms with Crippen LogP contribution in [0.25, 0.3) is 0 Å². The van der Waals surface area contributed by atoms with Crippen molar-refractivity contribution in [3.8, 4) is 0 Å². The molecule has 2 heterocycles. The highest BCUT2D eigenvalue weighted by Gasteiger charge is 2.38. The van der Waals surface area contributed by atoms with Crippen molar-refractivity contribution in [3.63, 3.8) is 0 Å². The molecular weight excluding hydrogens is 385 g/mol. The lowest BCUT2D eigenvalue weighted by atomic mass is 10.0. The summed E-state index contributed by atoms with van der Waals surface area (Å²) >= 11 is 5.99. The van der Waals surface area contributed by atoms with Crippen molar-refractivity contribution in [3.05, 3.63) is 51.9 Å². The maximum absolute atomic E-state index is 13.0. The number of halogens is 4. The van der Waals surface area contributed by atoms with E-state index in [9.17, 15) is 18.0 Å². The number of likely N-dealkylation sites (tertiary alicyclic amines) is 1. The molecule has 1 aliphatic heterocycles. The third kappa shape index (κ3) is 4.27. The van der Waals surface area contributed by atoms with E-state index in [1.807, 2.05) is 0 Å². The van der Waals surface area contributed by atoms with Crippen LogP contribution in [-0.4, -0.2) is 42.3 Å². The first-order chi connectivity index (χ1) is 12.7. The minimum Gasteiger partial charge on any atom is -0.379 e. The second-order valence-electron chi connectivity index (χ2n) is 6.58. The van der Waals surface area contributed by atoms with Crippen LogP contribution in [0.5, 0.6) is 0 Å². The maximum atomic E-state index is 13.0. The van der Waals surface area contributed by atoms with E-state index in [-0.39, 0.29) is 29.2 Å². The number of aryl methyl sites for hydroxylation is 1. The number of carbonyl (C=O) groups is 1. The van der Waals surface area contributed by atoms with Gasteiger partial charge in [0.2, 0.25) is 0 Å². The lowest BCUT2D eigenvalue weighted by Crippen LogP contribution is -2.30. The van der Waals surface area contributed by atoms with E-state index in [1.165, 1.54) is 12.0 Å². The van der Waals surface area contributed by atoms with Crippen molar-refractivity contribution in [2.45, 2.75) is 25.6 Å². The molecule has 1 aromatic heterocycles. The molecule has 1 fully saturated rings. The molecule has 0 radical (unpaired) electrons. The molecule has 2 atom stereocenters. The van der Waals surface area contributed by atoms with Crippen molar-refractivity contribution in [1.29, 1.82) is 0 Å². The Labute approximate surface area is 159 Å². The lowest BCUT2D eigenvalue weighted by Gasteiger charge is -2.18. The van der Waals surface area contributed by atoms with Crippen LogP contribution in [0.4, 0.5) is 13.2 Å². The molecule has 5 nitrogen and oxygen atoms in total. The van der Waals surface area contributed by atoms with Gasteiger partial charge in [0.05, 0.1) is 27.9 Å². The Kier molecular flexibility index (Phi) is 5.48. The predicted octanol–water partition coefficient (Wildman–Crippen LogP) is 3.98. The molecule has 1 aromatic carbocycles. The molecule has 2 aromatic rings. The van der Waals surface area contributed by atoms with E-state index in [0.29, 0.717) is 18.7 Å². The van der Waals surface area contributed by atoms with Gasteiger partial charge in [-0.15, -0.1) is 0 Å². The number of nitrogens with zero attached hydrogens (tertiary/aromatic N) is 2. The van der Waals surface area contributed by atoms with E-state index < -0.39 is 17.6 Å². The topological polar surface area (TPSA) is 55.6 Å². The van der Waals surface area contributed by atoms with Gasteiger partial charge >= 0.3 is 6.18 Å². The van der Waals surface area contributed by atoms with Gasteiger partial charge in [-0.2, -0.15) is 13.2 Å². The van der Waals surface area contributed by atoms with Gasteiger partial charge in [-0.1, -0.05) is 16.8 Å². The van der Waals surface area contributed by atoms with Crippen LogP contribution < -0.4 is 0 Å². The lowest BCUT2D eigenvalue weighted by molar-refractivity contribution is -0.137. The zero-order valence-electron chi connectivity index (χ0n) is 14.7. The van der Waals surface area contributed by atoms with Crippen LogP contribution in [0.15, 0.2) is 28.8 Å². The van der Waals surface area contributed by atoms with Gasteiger partial charge < -0.3 is 14.2 Å². The van der Waals surface area contributed by atoms with Crippen LogP contribution in [0.3, 0.4) is 0 Å². The summed E-state index contributed by atoms with van der Waals surface area (Å²) in [7, 11) is 1.54. The maximum Gasteiger partial charge on any atom is 0.416 e. The summed E-state index contributed by atoms with van der Waals surface area (Å²) in [5, 5.41) is 3.82. The Morgan fingerprint density at radius 3 is 2.70 bits per heavy atom. The van der Waals surface area contributed by atoms with Crippen molar-refractivity contribution >= 4 is 17.5 Å². The number of benzene rings is 1. The smallest absolute Gasteiger partial charge is 0.379 e. The number of methoxy groups -OCH3 is 1. The first-order valence-corrected chi connectivity index (χ1v) is 8.68. The highest BCUT2D eigenvalue weighted by molar-refractivity contribution is 6.33. The largest absolute Gasteiger partial charge is 0.416 e. The van der Waals surface area contributed by atoms with E-state index in [0.717, 1.165) is 23.9 Å². The third-order valence-corrected chi connectivity index (χ3v) is 4.96. The summed E-state index contributed by atoms with van der Waals surface area (Å²) in [6, 6.07) is 4.55. The number of ether oxygens (including phenoxy) is 1. The fourth-order valence-corrected chi connectivity index (χ4v) is 3.48. The molecule has 1 saturated heterocycles. The van der Waals surface area contributed by atoms with E-state index in [1.54, 1.807) is 13.0 Å². The van der Waals surface area contributed by atoms with Gasteiger partial charge in [-0.25, -0.2) is 0 Å². The number of rotatable bonds is 4. The average Bonchev–Trinajstić information content (AvgIpc) is 3.20. The molecule has 0 N–H and O–H groups in total. The Balaban J connectivity index is 1.79. The second-order valence-corrected chi connectivity index (χ2v) is 6.98. The predicted molar refractivity (Wildman–Crippen MR) is 91.6 cm³/mol. The molecule has 9 heteroatoms. The number of amides is 1. The first kappa shape index (κ1) is 19.7. The third-order valence-electron chi connectivity index (χ3n) is 4.64. The fourth-order valence-electron chi connectivity index (χ4n) is 3.28. The Morgan fingerprint density at radius 1 is 1.37 bits per heavy atom. The first-order valence-electron chi connectivity index (χ1n) is 8.30. The molecule has 3 rings (SSSR count). The summed E-state index contributed by atoms with van der Waals surface area (Å²) < 4.78 is 49.6. The van der Waals surface area contributed by atoms with Gasteiger partial charge in [0.15, 0.2) is 0 Å². The summed E-state index contributed by atoms with van der Waals surface area (Å²) in [4.78, 5) is 14.3. The van der Waals surface area contributed by atoms with Gasteiger partial charge in [-0.3, -0.25) is 4.79 Å². The Hall–Kier alpha value is -2.06. The zero-order chi connectivity index (χ0) is 19.8. The Bertz CT molecular complexity index is 837. The van der Waals surface area contributed by atoms with Crippen molar-refractivity contribution in [2.24, 2.45) is 5.92 Å². The molecular formula is C18H18ClF3N2O3. The van der Waals surface area contributed by atoms with Crippen LogP contribution in [0.1, 0.15) is 27.4 Å². The molecule has 1 aliphatic rings.